The van der Waals surface area contributed by atoms with E-state index in [-0.39, 0.29) is 48.6 Å². The Kier molecular flexibility index (Phi) is 27.2. The third-order valence-electron chi connectivity index (χ3n) is 7.05. The van der Waals surface area contributed by atoms with Crippen LogP contribution in [-0.2, 0) is 37.9 Å². The maximum absolute atomic E-state index is 6.32. The van der Waals surface area contributed by atoms with E-state index < -0.39 is 5.41 Å². The van der Waals surface area contributed by atoms with E-state index in [4.69, 9.17) is 60.8 Å². The summed E-state index contributed by atoms with van der Waals surface area (Å²) in [7, 11) is 0. The Balaban J connectivity index is 5.79. The van der Waals surface area contributed by atoms with E-state index in [1.807, 2.05) is 27.7 Å². The average Bonchev–Trinajstić information content (AvgIpc) is 2.99. The van der Waals surface area contributed by atoms with Gasteiger partial charge < -0.3 is 60.8 Å². The van der Waals surface area contributed by atoms with E-state index in [9.17, 15) is 0 Å². The topological polar surface area (TPSA) is 178 Å². The largest absolute Gasteiger partial charge is 0.378 e. The molecule has 0 saturated heterocycles. The predicted molar refractivity (Wildman–Crippen MR) is 180 cm³/mol. The zero-order chi connectivity index (χ0) is 34.1. The van der Waals surface area contributed by atoms with Crippen molar-refractivity contribution in [3.8, 4) is 0 Å². The number of hydrogen-bond donors (Lipinski definition) is 4. The van der Waals surface area contributed by atoms with Crippen LogP contribution in [-0.4, -0.2) is 128 Å². The summed E-state index contributed by atoms with van der Waals surface area (Å²) < 4.78 is 49.1. The minimum absolute atomic E-state index is 0.0451. The molecule has 0 radical (unpaired) electrons. The molecule has 8 atom stereocenters. The van der Waals surface area contributed by atoms with E-state index in [0.717, 1.165) is 25.7 Å². The van der Waals surface area contributed by atoms with Crippen molar-refractivity contribution in [2.75, 3.05) is 79.3 Å². The highest BCUT2D eigenvalue weighted by atomic mass is 16.6. The van der Waals surface area contributed by atoms with Crippen LogP contribution in [0.25, 0.3) is 0 Å². The van der Waals surface area contributed by atoms with Crippen LogP contribution in [0.1, 0.15) is 81.1 Å². The fourth-order valence-electron chi connectivity index (χ4n) is 4.16. The van der Waals surface area contributed by atoms with Gasteiger partial charge in [0.2, 0.25) is 0 Å². The van der Waals surface area contributed by atoms with Crippen molar-refractivity contribution >= 4 is 0 Å². The smallest absolute Gasteiger partial charge is 0.0806 e. The van der Waals surface area contributed by atoms with Gasteiger partial charge in [-0.3, -0.25) is 0 Å². The summed E-state index contributed by atoms with van der Waals surface area (Å²) in [6, 6.07) is -0.180. The summed E-state index contributed by atoms with van der Waals surface area (Å²) in [5.41, 5.74) is 23.0. The van der Waals surface area contributed by atoms with Crippen molar-refractivity contribution < 1.29 is 37.9 Å². The van der Waals surface area contributed by atoms with Gasteiger partial charge in [0.05, 0.1) is 109 Å². The summed E-state index contributed by atoms with van der Waals surface area (Å²) in [5.74, 6) is 0. The van der Waals surface area contributed by atoms with Crippen LogP contribution in [0.2, 0.25) is 0 Å². The molecule has 0 aliphatic heterocycles. The van der Waals surface area contributed by atoms with Crippen molar-refractivity contribution in [1.82, 2.24) is 0 Å². The predicted octanol–water partition coefficient (Wildman–Crippen LogP) is 2.61. The van der Waals surface area contributed by atoms with E-state index in [0.29, 0.717) is 79.3 Å². The fourth-order valence-corrected chi connectivity index (χ4v) is 4.16. The van der Waals surface area contributed by atoms with E-state index in [1.165, 1.54) is 0 Å². The highest BCUT2D eigenvalue weighted by Gasteiger charge is 2.34. The second kappa shape index (κ2) is 27.5. The number of hydrogen-bond acceptors (Lipinski definition) is 12. The first-order valence-electron chi connectivity index (χ1n) is 17.2. The third kappa shape index (κ3) is 24.3. The second-order valence-corrected chi connectivity index (χ2v) is 12.9. The van der Waals surface area contributed by atoms with Gasteiger partial charge in [-0.2, -0.15) is 0 Å². The van der Waals surface area contributed by atoms with Crippen molar-refractivity contribution in [3.63, 3.8) is 0 Å². The van der Waals surface area contributed by atoms with Crippen molar-refractivity contribution in [1.29, 1.82) is 0 Å². The minimum Gasteiger partial charge on any atom is -0.378 e. The maximum atomic E-state index is 6.32. The molecule has 0 rings (SSSR count). The molecule has 0 aliphatic rings. The Bertz CT molecular complexity index is 551. The Morgan fingerprint density at radius 2 is 0.578 bits per heavy atom. The van der Waals surface area contributed by atoms with Gasteiger partial charge in [-0.15, -0.1) is 0 Å². The molecule has 0 heterocycles. The van der Waals surface area contributed by atoms with E-state index in [2.05, 4.69) is 27.7 Å². The van der Waals surface area contributed by atoms with Crippen LogP contribution in [0.4, 0.5) is 0 Å². The summed E-state index contributed by atoms with van der Waals surface area (Å²) in [6.45, 7) is 21.0. The molecule has 8 N–H and O–H groups in total. The van der Waals surface area contributed by atoms with E-state index in [1.54, 1.807) is 0 Å². The zero-order valence-electron chi connectivity index (χ0n) is 30.0. The molecule has 0 fully saturated rings. The van der Waals surface area contributed by atoms with Gasteiger partial charge in [0.25, 0.3) is 0 Å². The monoisotopic (exact) mass is 653 g/mol. The molecule has 0 spiro atoms. The van der Waals surface area contributed by atoms with Crippen LogP contribution < -0.4 is 22.9 Å². The second-order valence-electron chi connectivity index (χ2n) is 12.9. The summed E-state index contributed by atoms with van der Waals surface area (Å²) in [4.78, 5) is 0. The fraction of sp³-hybridized carbons (Fsp3) is 1.00. The molecule has 0 aromatic carbocycles. The number of nitrogens with two attached hydrogens (primary N) is 4. The maximum Gasteiger partial charge on any atom is 0.0806 e. The quantitative estimate of drug-likeness (QED) is 0.0836. The normalized spacial score (nSPS) is 18.9. The van der Waals surface area contributed by atoms with Gasteiger partial charge >= 0.3 is 0 Å². The molecule has 12 heteroatoms. The summed E-state index contributed by atoms with van der Waals surface area (Å²) in [5, 5.41) is 0. The molecule has 8 unspecified atom stereocenters. The molecular weight excluding hydrogens is 580 g/mol. The van der Waals surface area contributed by atoms with Crippen molar-refractivity contribution in [2.24, 2.45) is 28.3 Å². The highest BCUT2D eigenvalue weighted by molar-refractivity contribution is 4.81. The van der Waals surface area contributed by atoms with Gasteiger partial charge in [-0.1, -0.05) is 27.7 Å². The Hall–Kier alpha value is -0.480. The van der Waals surface area contributed by atoms with Gasteiger partial charge in [0.15, 0.2) is 0 Å². The van der Waals surface area contributed by atoms with Gasteiger partial charge in [0, 0.05) is 24.2 Å². The van der Waals surface area contributed by atoms with E-state index >= 15 is 0 Å². The molecule has 0 amide bonds. The van der Waals surface area contributed by atoms with Gasteiger partial charge in [-0.05, 0) is 53.4 Å². The number of ether oxygens (including phenoxy) is 8. The van der Waals surface area contributed by atoms with Crippen LogP contribution >= 0.6 is 0 Å². The molecular formula is C33H72N4O8. The molecule has 0 bridgehead atoms. The first-order valence-corrected chi connectivity index (χ1v) is 17.2. The first-order chi connectivity index (χ1) is 21.4. The van der Waals surface area contributed by atoms with Crippen molar-refractivity contribution in [2.45, 2.75) is 130 Å². The molecule has 12 nitrogen and oxygen atoms in total. The zero-order valence-corrected chi connectivity index (χ0v) is 30.0. The van der Waals surface area contributed by atoms with Crippen LogP contribution in [0, 0.1) is 5.41 Å². The molecule has 0 saturated carbocycles. The van der Waals surface area contributed by atoms with Crippen LogP contribution in [0.15, 0.2) is 0 Å². The lowest BCUT2D eigenvalue weighted by Crippen LogP contribution is -2.44. The molecule has 0 aromatic rings. The molecule has 0 aromatic heterocycles. The SMILES string of the molecule is CCC(COCC(COCC(CC)OCC(C)N)(COCC(CC)OCC(C)N)COCC(CC)OCC(C)N)OCC(C)N. The lowest BCUT2D eigenvalue weighted by atomic mass is 9.92. The van der Waals surface area contributed by atoms with Crippen molar-refractivity contribution in [3.05, 3.63) is 0 Å². The highest BCUT2D eigenvalue weighted by Crippen LogP contribution is 2.23. The van der Waals surface area contributed by atoms with Crippen LogP contribution in [0.5, 0.6) is 0 Å². The third-order valence-corrected chi connectivity index (χ3v) is 7.05. The molecule has 45 heavy (non-hydrogen) atoms. The van der Waals surface area contributed by atoms with Gasteiger partial charge in [-0.25, -0.2) is 0 Å². The average molecular weight is 653 g/mol. The van der Waals surface area contributed by atoms with Gasteiger partial charge in [0.1, 0.15) is 0 Å². The lowest BCUT2D eigenvalue weighted by Gasteiger charge is -2.35. The first kappa shape index (κ1) is 44.5. The number of rotatable bonds is 32. The lowest BCUT2D eigenvalue weighted by molar-refractivity contribution is -0.142. The summed E-state index contributed by atoms with van der Waals surface area (Å²) in [6.07, 6.45) is 2.95. The minimum atomic E-state index is -0.613. The summed E-state index contributed by atoms with van der Waals surface area (Å²) >= 11 is 0. The standard InChI is InChI=1S/C33H72N4O8/c1-9-29(42-13-25(5)34)17-38-21-33(22-39-18-30(10-2)43-14-26(6)35,23-40-19-31(11-3)44-15-27(7)36)24-41-20-32(12-4)45-16-28(8)37/h25-32H,9-24,34-37H2,1-8H3. The Morgan fingerprint density at radius 3 is 0.733 bits per heavy atom. The molecule has 0 aliphatic carbocycles. The van der Waals surface area contributed by atoms with Crippen LogP contribution in [0.3, 0.4) is 0 Å². The Labute approximate surface area is 275 Å². The Morgan fingerprint density at radius 1 is 0.378 bits per heavy atom. The molecule has 272 valence electrons.